The Morgan fingerprint density at radius 3 is 2.68 bits per heavy atom. The van der Waals surface area contributed by atoms with Crippen LogP contribution in [0.4, 0.5) is 0 Å². The van der Waals surface area contributed by atoms with Crippen molar-refractivity contribution in [1.29, 1.82) is 0 Å². The highest BCUT2D eigenvalue weighted by Gasteiger charge is 2.32. The number of nitrogens with zero attached hydrogens (tertiary/aromatic N) is 3. The normalized spacial score (nSPS) is 26.5. The minimum absolute atomic E-state index is 0.0471. The molecule has 1 aromatic carbocycles. The van der Waals surface area contributed by atoms with Crippen LogP contribution in [0.25, 0.3) is 22.2 Å². The van der Waals surface area contributed by atoms with Crippen LogP contribution in [0, 0.1) is 19.8 Å². The topological polar surface area (TPSA) is 93.2 Å². The molecule has 0 radical (unpaired) electrons. The maximum absolute atomic E-state index is 11.9. The zero-order valence-electron chi connectivity index (χ0n) is 18.4. The quantitative estimate of drug-likeness (QED) is 0.657. The van der Waals surface area contributed by atoms with Gasteiger partial charge in [0.2, 0.25) is 5.91 Å². The molecule has 5 rings (SSSR count). The van der Waals surface area contributed by atoms with Crippen LogP contribution >= 0.6 is 0 Å². The number of aromatic nitrogens is 3. The highest BCUT2D eigenvalue weighted by molar-refractivity contribution is 5.84. The van der Waals surface area contributed by atoms with Gasteiger partial charge in [-0.1, -0.05) is 11.2 Å². The molecule has 0 bridgehead atoms. The number of rotatable bonds is 4. The highest BCUT2D eigenvalue weighted by Crippen LogP contribution is 2.36. The van der Waals surface area contributed by atoms with Crippen LogP contribution in [0.5, 0.6) is 0 Å². The molecule has 164 valence electrons. The van der Waals surface area contributed by atoms with E-state index in [9.17, 15) is 9.90 Å². The van der Waals surface area contributed by atoms with E-state index in [1.54, 1.807) is 0 Å². The first kappa shape index (κ1) is 20.2. The minimum atomic E-state index is -0.543. The monoisotopic (exact) mass is 422 g/mol. The molecule has 1 atom stereocenters. The Morgan fingerprint density at radius 1 is 1.26 bits per heavy atom. The third-order valence-electron chi connectivity index (χ3n) is 7.03. The molecule has 2 aliphatic rings. The van der Waals surface area contributed by atoms with Crippen molar-refractivity contribution in [1.82, 2.24) is 20.0 Å². The molecule has 1 amide bonds. The van der Waals surface area contributed by atoms with Crippen molar-refractivity contribution in [3.8, 4) is 11.1 Å². The number of imidazole rings is 1. The maximum atomic E-state index is 11.9. The summed E-state index contributed by atoms with van der Waals surface area (Å²) < 4.78 is 7.66. The van der Waals surface area contributed by atoms with Gasteiger partial charge in [-0.05, 0) is 76.5 Å². The molecule has 3 aromatic rings. The standard InChI is InChI=1S/C24H30N4O3/c1-14-22(15(2)31-27-14)17-4-6-20-19(12-17)26-23(18-5-7-21(29)25-18)28(20)13-16-8-10-24(3,30)11-9-16/h4,6,12,16,18,30H,5,7-11,13H2,1-3H3,(H,25,29)/t16?,18-,24?/m0/s1. The number of aliphatic hydroxyl groups is 1. The Morgan fingerprint density at radius 2 is 2.03 bits per heavy atom. The van der Waals surface area contributed by atoms with Gasteiger partial charge < -0.3 is 19.5 Å². The van der Waals surface area contributed by atoms with Gasteiger partial charge >= 0.3 is 0 Å². The van der Waals surface area contributed by atoms with Crippen molar-refractivity contribution in [3.05, 3.63) is 35.5 Å². The van der Waals surface area contributed by atoms with E-state index in [1.165, 1.54) is 0 Å². The second-order valence-electron chi connectivity index (χ2n) is 9.58. The molecule has 1 aliphatic heterocycles. The Labute approximate surface area is 181 Å². The number of aryl methyl sites for hydroxylation is 2. The average Bonchev–Trinajstić information content (AvgIpc) is 3.40. The molecule has 2 fully saturated rings. The van der Waals surface area contributed by atoms with Crippen LogP contribution < -0.4 is 5.32 Å². The van der Waals surface area contributed by atoms with Gasteiger partial charge in [-0.3, -0.25) is 4.79 Å². The van der Waals surface area contributed by atoms with Crippen LogP contribution in [0.3, 0.4) is 0 Å². The summed E-state index contributed by atoms with van der Waals surface area (Å²) >= 11 is 0. The number of carbonyl (C=O) groups is 1. The summed E-state index contributed by atoms with van der Waals surface area (Å²) in [6, 6.07) is 6.29. The van der Waals surface area contributed by atoms with Crippen molar-refractivity contribution in [3.63, 3.8) is 0 Å². The molecular formula is C24H30N4O3. The van der Waals surface area contributed by atoms with Crippen LogP contribution in [0.2, 0.25) is 0 Å². The predicted molar refractivity (Wildman–Crippen MR) is 117 cm³/mol. The average molecular weight is 423 g/mol. The number of fused-ring (bicyclic) bond motifs is 1. The van der Waals surface area contributed by atoms with Crippen molar-refractivity contribution < 1.29 is 14.4 Å². The fourth-order valence-electron chi connectivity index (χ4n) is 5.20. The third-order valence-corrected chi connectivity index (χ3v) is 7.03. The number of benzene rings is 1. The predicted octanol–water partition coefficient (Wildman–Crippen LogP) is 4.20. The number of hydrogen-bond donors (Lipinski definition) is 2. The molecule has 2 aromatic heterocycles. The first-order valence-corrected chi connectivity index (χ1v) is 11.3. The van der Waals surface area contributed by atoms with Crippen molar-refractivity contribution in [2.45, 2.75) is 77.5 Å². The van der Waals surface area contributed by atoms with Gasteiger partial charge in [-0.2, -0.15) is 0 Å². The second-order valence-corrected chi connectivity index (χ2v) is 9.58. The molecule has 1 saturated carbocycles. The molecular weight excluding hydrogens is 392 g/mol. The van der Waals surface area contributed by atoms with E-state index in [2.05, 4.69) is 33.2 Å². The van der Waals surface area contributed by atoms with Gasteiger partial charge in [-0.25, -0.2) is 4.98 Å². The minimum Gasteiger partial charge on any atom is -0.390 e. The van der Waals surface area contributed by atoms with E-state index < -0.39 is 5.60 Å². The fourth-order valence-corrected chi connectivity index (χ4v) is 5.20. The highest BCUT2D eigenvalue weighted by atomic mass is 16.5. The number of nitrogens with one attached hydrogen (secondary N) is 1. The molecule has 3 heterocycles. The Kier molecular flexibility index (Phi) is 4.88. The van der Waals surface area contributed by atoms with Gasteiger partial charge in [-0.15, -0.1) is 0 Å². The third kappa shape index (κ3) is 3.76. The van der Waals surface area contributed by atoms with Crippen LogP contribution in [-0.2, 0) is 11.3 Å². The zero-order chi connectivity index (χ0) is 21.8. The maximum Gasteiger partial charge on any atom is 0.220 e. The molecule has 7 heteroatoms. The Balaban J connectivity index is 1.54. The van der Waals surface area contributed by atoms with Crippen molar-refractivity contribution in [2.24, 2.45) is 5.92 Å². The van der Waals surface area contributed by atoms with E-state index in [0.717, 1.165) is 78.1 Å². The van der Waals surface area contributed by atoms with Crippen molar-refractivity contribution in [2.75, 3.05) is 0 Å². The lowest BCUT2D eigenvalue weighted by Crippen LogP contribution is -2.32. The molecule has 1 aliphatic carbocycles. The first-order valence-electron chi connectivity index (χ1n) is 11.3. The second kappa shape index (κ2) is 7.48. The smallest absolute Gasteiger partial charge is 0.220 e. The lowest BCUT2D eigenvalue weighted by molar-refractivity contribution is -0.119. The first-order chi connectivity index (χ1) is 14.8. The van der Waals surface area contributed by atoms with Gasteiger partial charge in [0.25, 0.3) is 0 Å². The Bertz CT molecular complexity index is 1110. The summed E-state index contributed by atoms with van der Waals surface area (Å²) in [6.45, 7) is 6.67. The van der Waals surface area contributed by atoms with Crippen LogP contribution in [-0.4, -0.2) is 31.3 Å². The lowest BCUT2D eigenvalue weighted by atomic mass is 9.80. The summed E-state index contributed by atoms with van der Waals surface area (Å²) in [4.78, 5) is 16.9. The summed E-state index contributed by atoms with van der Waals surface area (Å²) in [7, 11) is 0. The summed E-state index contributed by atoms with van der Waals surface area (Å²) in [5.41, 5.74) is 4.40. The molecule has 7 nitrogen and oxygen atoms in total. The summed E-state index contributed by atoms with van der Waals surface area (Å²) in [5, 5.41) is 17.5. The molecule has 1 saturated heterocycles. The molecule has 2 N–H and O–H groups in total. The zero-order valence-corrected chi connectivity index (χ0v) is 18.4. The number of carbonyl (C=O) groups excluding carboxylic acids is 1. The van der Waals surface area contributed by atoms with E-state index in [4.69, 9.17) is 9.51 Å². The van der Waals surface area contributed by atoms with Crippen LogP contribution in [0.1, 0.15) is 68.8 Å². The van der Waals surface area contributed by atoms with Crippen molar-refractivity contribution >= 4 is 16.9 Å². The SMILES string of the molecule is Cc1noc(C)c1-c1ccc2c(c1)nc([C@@H]1CCC(=O)N1)n2CC1CCC(C)(O)CC1. The van der Waals surface area contributed by atoms with E-state index in [0.29, 0.717) is 12.3 Å². The van der Waals surface area contributed by atoms with Gasteiger partial charge in [0.15, 0.2) is 0 Å². The van der Waals surface area contributed by atoms with E-state index in [-0.39, 0.29) is 11.9 Å². The molecule has 0 spiro atoms. The number of amides is 1. The fraction of sp³-hybridized carbons (Fsp3) is 0.542. The van der Waals surface area contributed by atoms with Gasteiger partial charge in [0, 0.05) is 18.5 Å². The van der Waals surface area contributed by atoms with Gasteiger partial charge in [0.1, 0.15) is 11.6 Å². The molecule has 0 unspecified atom stereocenters. The van der Waals surface area contributed by atoms with Crippen LogP contribution in [0.15, 0.2) is 22.7 Å². The lowest BCUT2D eigenvalue weighted by Gasteiger charge is -2.33. The molecule has 31 heavy (non-hydrogen) atoms. The largest absolute Gasteiger partial charge is 0.390 e. The van der Waals surface area contributed by atoms with E-state index >= 15 is 0 Å². The van der Waals surface area contributed by atoms with E-state index in [1.807, 2.05) is 20.8 Å². The van der Waals surface area contributed by atoms with Gasteiger partial charge in [0.05, 0.1) is 28.4 Å². The summed E-state index contributed by atoms with van der Waals surface area (Å²) in [5.74, 6) is 2.33. The number of hydrogen-bond acceptors (Lipinski definition) is 5. The summed E-state index contributed by atoms with van der Waals surface area (Å²) in [6.07, 6.45) is 4.98. The Hall–Kier alpha value is -2.67.